The maximum absolute atomic E-state index is 5.01. The summed E-state index contributed by atoms with van der Waals surface area (Å²) in [6, 6.07) is 0. The zero-order valence-electron chi connectivity index (χ0n) is 8.98. The van der Waals surface area contributed by atoms with Crippen LogP contribution in [0.15, 0.2) is 0 Å². The Balaban J connectivity index is -0.0000000420. The van der Waals surface area contributed by atoms with Crippen molar-refractivity contribution in [3.63, 3.8) is 0 Å². The summed E-state index contributed by atoms with van der Waals surface area (Å²) in [5, 5.41) is 9.75. The first-order valence-electron chi connectivity index (χ1n) is 3.30. The first-order valence-corrected chi connectivity index (χ1v) is 15.2. The summed E-state index contributed by atoms with van der Waals surface area (Å²) < 4.78 is 0. The van der Waals surface area contributed by atoms with Gasteiger partial charge in [0.15, 0.2) is 0 Å². The van der Waals surface area contributed by atoms with Crippen molar-refractivity contribution >= 4 is 27.6 Å². The molecule has 0 fully saturated rings. The molecule has 0 heterocycles. The molecule has 0 saturated carbocycles. The van der Waals surface area contributed by atoms with E-state index in [1.54, 1.807) is 28.2 Å². The summed E-state index contributed by atoms with van der Waals surface area (Å²) in [5.74, 6) is 0. The molecule has 1 N–H and O–H groups in total. The minimum absolute atomic E-state index is 1.75. The van der Waals surface area contributed by atoms with Gasteiger partial charge in [0.05, 0.1) is 0 Å². The molecular weight excluding hydrogens is 401 g/mol. The standard InChI is InChI=1S/C2H7N.2C2H6N.3ClH.Ta/c3*1-3-2;;;;/h3H,1-2H3;2*1-2H3;3*1H;/q;2*-1;;;;+3/p-3. The predicted molar refractivity (Wildman–Crippen MR) is 63.0 cm³/mol. The average Bonchev–Trinajstić information content (AvgIpc) is 1.88. The molecule has 0 amide bonds. The van der Waals surface area contributed by atoms with Crippen molar-refractivity contribution < 1.29 is 15.2 Å². The Morgan fingerprint density at radius 2 is 0.846 bits per heavy atom. The number of nitrogens with one attached hydrogen (secondary N) is 1. The molecule has 0 radical (unpaired) electrons. The Bertz CT molecular complexity index is 44.6. The molecule has 7 heteroatoms. The molecule has 0 bridgehead atoms. The van der Waals surface area contributed by atoms with Crippen LogP contribution in [0, 0.1) is 0 Å². The second kappa shape index (κ2) is 37.5. The molecule has 0 aromatic rings. The Kier molecular flexibility index (Phi) is 69.1. The van der Waals surface area contributed by atoms with E-state index >= 15 is 0 Å². The Morgan fingerprint density at radius 3 is 0.846 bits per heavy atom. The van der Waals surface area contributed by atoms with Gasteiger partial charge in [0.1, 0.15) is 0 Å². The van der Waals surface area contributed by atoms with Crippen LogP contribution < -0.4 is 5.32 Å². The summed E-state index contributed by atoms with van der Waals surface area (Å²) in [7, 11) is 25.8. The van der Waals surface area contributed by atoms with Crippen LogP contribution in [0.3, 0.4) is 0 Å². The van der Waals surface area contributed by atoms with E-state index in [-0.39, 0.29) is 0 Å². The summed E-state index contributed by atoms with van der Waals surface area (Å²) >= 11 is -2.18. The summed E-state index contributed by atoms with van der Waals surface area (Å²) in [5.41, 5.74) is 0. The van der Waals surface area contributed by atoms with Crippen molar-refractivity contribution in [2.24, 2.45) is 0 Å². The first-order chi connectivity index (χ1) is 5.97. The fourth-order valence-electron chi connectivity index (χ4n) is 0. The zero-order valence-corrected chi connectivity index (χ0v) is 14.5. The van der Waals surface area contributed by atoms with Crippen molar-refractivity contribution in [2.45, 2.75) is 0 Å². The quantitative estimate of drug-likeness (QED) is 0.643. The van der Waals surface area contributed by atoms with Gasteiger partial charge in [0, 0.05) is 0 Å². The molecule has 0 unspecified atom stereocenters. The Labute approximate surface area is 100 Å². The fourth-order valence-corrected chi connectivity index (χ4v) is 0. The normalized spacial score (nSPS) is 6.92. The fraction of sp³-hybridized carbons (Fsp3) is 1.00. The van der Waals surface area contributed by atoms with E-state index in [1.807, 2.05) is 14.1 Å². The molecule has 86 valence electrons. The zero-order chi connectivity index (χ0) is 11.7. The molecule has 0 saturated heterocycles. The van der Waals surface area contributed by atoms with Gasteiger partial charge in [-0.15, -0.1) is 0 Å². The van der Waals surface area contributed by atoms with E-state index in [0.717, 1.165) is 0 Å². The Morgan fingerprint density at radius 1 is 0.846 bits per heavy atom. The number of rotatable bonds is 0. The molecule has 0 aliphatic carbocycles. The third-order valence-electron chi connectivity index (χ3n) is 0. The van der Waals surface area contributed by atoms with Crippen LogP contribution >= 0.6 is 27.6 Å². The van der Waals surface area contributed by atoms with Gasteiger partial charge >= 0.3 is 42.8 Å². The van der Waals surface area contributed by atoms with E-state index in [2.05, 4.69) is 16.0 Å². The van der Waals surface area contributed by atoms with Crippen LogP contribution in [0.4, 0.5) is 0 Å². The van der Waals surface area contributed by atoms with Crippen molar-refractivity contribution in [3.05, 3.63) is 10.6 Å². The topological polar surface area (TPSA) is 40.2 Å². The predicted octanol–water partition coefficient (Wildman–Crippen LogP) is 3.14. The monoisotopic (exact) mass is 419 g/mol. The maximum atomic E-state index is 5.01. The third-order valence-corrected chi connectivity index (χ3v) is 0. The van der Waals surface area contributed by atoms with Crippen LogP contribution in [-0.4, -0.2) is 42.3 Å². The molecular formula is C6H19Cl3N3Ta-2. The molecule has 0 spiro atoms. The SMILES string of the molecule is CNC.C[N-]C.C[N-]C.[Cl][Ta]([Cl])[Cl]. The number of nitrogens with zero attached hydrogens (tertiary/aromatic N) is 2. The van der Waals surface area contributed by atoms with Gasteiger partial charge in [0.2, 0.25) is 0 Å². The van der Waals surface area contributed by atoms with Crippen LogP contribution in [0.2, 0.25) is 0 Å². The molecule has 0 aromatic heterocycles. The van der Waals surface area contributed by atoms with E-state index in [0.29, 0.717) is 0 Å². The van der Waals surface area contributed by atoms with Gasteiger partial charge in [-0.1, -0.05) is 0 Å². The molecule has 0 aromatic carbocycles. The molecule has 0 atom stereocenters. The number of halogens is 3. The van der Waals surface area contributed by atoms with Crippen molar-refractivity contribution in [1.82, 2.24) is 5.32 Å². The average molecular weight is 421 g/mol. The minimum atomic E-state index is -2.18. The van der Waals surface area contributed by atoms with Gasteiger partial charge in [-0.2, -0.15) is 28.2 Å². The molecule has 0 aliphatic heterocycles. The summed E-state index contributed by atoms with van der Waals surface area (Å²) in [6.45, 7) is 0. The van der Waals surface area contributed by atoms with E-state index in [9.17, 15) is 0 Å². The number of hydrogen-bond acceptors (Lipinski definition) is 1. The van der Waals surface area contributed by atoms with Gasteiger partial charge in [0.25, 0.3) is 0 Å². The van der Waals surface area contributed by atoms with Gasteiger partial charge < -0.3 is 16.0 Å². The molecule has 13 heavy (non-hydrogen) atoms. The van der Waals surface area contributed by atoms with Gasteiger partial charge in [-0.05, 0) is 14.1 Å². The van der Waals surface area contributed by atoms with E-state index in [4.69, 9.17) is 27.6 Å². The van der Waals surface area contributed by atoms with E-state index in [1.165, 1.54) is 0 Å². The van der Waals surface area contributed by atoms with Gasteiger partial charge in [-0.3, -0.25) is 0 Å². The number of hydrogen-bond donors (Lipinski definition) is 1. The summed E-state index contributed by atoms with van der Waals surface area (Å²) in [4.78, 5) is 0. The van der Waals surface area contributed by atoms with Crippen LogP contribution in [0.25, 0.3) is 10.6 Å². The van der Waals surface area contributed by atoms with Crippen LogP contribution in [-0.2, 0) is 15.2 Å². The van der Waals surface area contributed by atoms with Crippen molar-refractivity contribution in [1.29, 1.82) is 0 Å². The van der Waals surface area contributed by atoms with Crippen LogP contribution in [0.5, 0.6) is 0 Å². The second-order valence-electron chi connectivity index (χ2n) is 1.59. The first kappa shape index (κ1) is 24.0. The van der Waals surface area contributed by atoms with E-state index < -0.39 is 15.2 Å². The molecule has 0 aliphatic rings. The second-order valence-corrected chi connectivity index (χ2v) is 15.5. The Hall–Kier alpha value is 1.49. The summed E-state index contributed by atoms with van der Waals surface area (Å²) in [6.07, 6.45) is 0. The van der Waals surface area contributed by atoms with Crippen molar-refractivity contribution in [2.75, 3.05) is 42.3 Å². The molecule has 0 rings (SSSR count). The molecule has 3 nitrogen and oxygen atoms in total. The van der Waals surface area contributed by atoms with Gasteiger partial charge in [-0.25, -0.2) is 0 Å². The third kappa shape index (κ3) is 802. The van der Waals surface area contributed by atoms with Crippen LogP contribution in [0.1, 0.15) is 0 Å². The van der Waals surface area contributed by atoms with Crippen molar-refractivity contribution in [3.8, 4) is 0 Å².